The number of nitrogens with one attached hydrogen (secondary N) is 1. The molecule has 2 aromatic heterocycles. The Balaban J connectivity index is 1.86. The van der Waals surface area contributed by atoms with Gasteiger partial charge in [-0.1, -0.05) is 23.5 Å². The predicted octanol–water partition coefficient (Wildman–Crippen LogP) is 2.18. The summed E-state index contributed by atoms with van der Waals surface area (Å²) in [4.78, 5) is 5.43. The van der Waals surface area contributed by atoms with Crippen LogP contribution in [0.3, 0.4) is 0 Å². The summed E-state index contributed by atoms with van der Waals surface area (Å²) in [6, 6.07) is 0. The molecule has 0 aliphatic carbocycles. The van der Waals surface area contributed by atoms with E-state index in [1.807, 2.05) is 0 Å². The zero-order chi connectivity index (χ0) is 13.2. The third-order valence-electron chi connectivity index (χ3n) is 3.36. The second-order valence-corrected chi connectivity index (χ2v) is 5.90. The maximum absolute atomic E-state index is 5.39. The zero-order valence-electron chi connectivity index (χ0n) is 11.1. The van der Waals surface area contributed by atoms with Crippen LogP contribution in [0.4, 0.5) is 0 Å². The summed E-state index contributed by atoms with van der Waals surface area (Å²) >= 11 is 1.32. The highest BCUT2D eigenvalue weighted by atomic mass is 32.1. The molecule has 3 rings (SSSR count). The van der Waals surface area contributed by atoms with E-state index in [9.17, 15) is 0 Å². The van der Waals surface area contributed by atoms with E-state index in [-0.39, 0.29) is 0 Å². The molecular formula is C12H17N5OS. The van der Waals surface area contributed by atoms with Gasteiger partial charge in [0.15, 0.2) is 5.82 Å². The molecule has 1 unspecified atom stereocenters. The molecule has 2 aromatic rings. The average molecular weight is 279 g/mol. The lowest BCUT2D eigenvalue weighted by molar-refractivity contribution is 0.393. The quantitative estimate of drug-likeness (QED) is 0.928. The van der Waals surface area contributed by atoms with Gasteiger partial charge < -0.3 is 9.84 Å². The summed E-state index contributed by atoms with van der Waals surface area (Å²) < 4.78 is 9.39. The Labute approximate surface area is 115 Å². The van der Waals surface area contributed by atoms with E-state index >= 15 is 0 Å². The van der Waals surface area contributed by atoms with Gasteiger partial charge in [0.1, 0.15) is 4.88 Å². The van der Waals surface area contributed by atoms with E-state index in [2.05, 4.69) is 38.9 Å². The first kappa shape index (κ1) is 12.7. The molecule has 0 spiro atoms. The maximum atomic E-state index is 5.39. The van der Waals surface area contributed by atoms with Gasteiger partial charge in [-0.3, -0.25) is 0 Å². The average Bonchev–Trinajstić information content (AvgIpc) is 3.08. The van der Waals surface area contributed by atoms with Crippen LogP contribution in [0.25, 0.3) is 10.8 Å². The minimum Gasteiger partial charge on any atom is -0.333 e. The normalized spacial score (nSPS) is 20.1. The second-order valence-electron chi connectivity index (χ2n) is 5.14. The van der Waals surface area contributed by atoms with Crippen molar-refractivity contribution in [1.82, 2.24) is 25.0 Å². The van der Waals surface area contributed by atoms with Gasteiger partial charge in [0.25, 0.3) is 5.89 Å². The lowest BCUT2D eigenvalue weighted by Crippen LogP contribution is -2.28. The van der Waals surface area contributed by atoms with Crippen LogP contribution in [0.5, 0.6) is 0 Å². The molecule has 7 heteroatoms. The maximum Gasteiger partial charge on any atom is 0.271 e. The molecule has 0 saturated carbocycles. The van der Waals surface area contributed by atoms with E-state index in [0.29, 0.717) is 17.7 Å². The molecule has 3 heterocycles. The first-order chi connectivity index (χ1) is 9.25. The molecule has 0 bridgehead atoms. The molecule has 1 fully saturated rings. The Bertz CT molecular complexity index is 544. The molecule has 1 atom stereocenters. The number of hydrogen-bond acceptors (Lipinski definition) is 7. The van der Waals surface area contributed by atoms with Gasteiger partial charge in [0.05, 0.1) is 5.69 Å². The lowest BCUT2D eigenvalue weighted by Gasteiger charge is -2.19. The van der Waals surface area contributed by atoms with Gasteiger partial charge in [0, 0.05) is 12.5 Å². The zero-order valence-corrected chi connectivity index (χ0v) is 11.9. The van der Waals surface area contributed by atoms with Crippen LogP contribution in [0.15, 0.2) is 4.52 Å². The number of piperidine rings is 1. The molecule has 6 nitrogen and oxygen atoms in total. The SMILES string of the molecule is CC(C)c1nnsc1-c1nc(C2CCCNC2)no1. The number of hydrogen-bond donors (Lipinski definition) is 1. The van der Waals surface area contributed by atoms with Gasteiger partial charge in [-0.15, -0.1) is 5.10 Å². The van der Waals surface area contributed by atoms with Crippen molar-refractivity contribution in [1.29, 1.82) is 0 Å². The third-order valence-corrected chi connectivity index (χ3v) is 4.09. The topological polar surface area (TPSA) is 76.7 Å². The third kappa shape index (κ3) is 2.52. The van der Waals surface area contributed by atoms with Crippen molar-refractivity contribution in [2.24, 2.45) is 0 Å². The van der Waals surface area contributed by atoms with Gasteiger partial charge in [-0.2, -0.15) is 4.98 Å². The number of nitrogens with zero attached hydrogens (tertiary/aromatic N) is 4. The van der Waals surface area contributed by atoms with Crippen molar-refractivity contribution < 1.29 is 4.52 Å². The Kier molecular flexibility index (Phi) is 3.56. The smallest absolute Gasteiger partial charge is 0.271 e. The summed E-state index contributed by atoms with van der Waals surface area (Å²) in [7, 11) is 0. The molecule has 0 amide bonds. The van der Waals surface area contributed by atoms with E-state index in [1.54, 1.807) is 0 Å². The molecular weight excluding hydrogens is 262 g/mol. The van der Waals surface area contributed by atoms with E-state index < -0.39 is 0 Å². The summed E-state index contributed by atoms with van der Waals surface area (Å²) in [6.45, 7) is 6.18. The largest absolute Gasteiger partial charge is 0.333 e. The molecule has 0 aromatic carbocycles. The van der Waals surface area contributed by atoms with Crippen LogP contribution in [-0.2, 0) is 0 Å². The Morgan fingerprint density at radius 1 is 1.42 bits per heavy atom. The highest BCUT2D eigenvalue weighted by Gasteiger charge is 2.24. The Morgan fingerprint density at radius 3 is 3.05 bits per heavy atom. The standard InChI is InChI=1S/C12H17N5OS/c1-7(2)9-10(19-17-15-9)12-14-11(16-18-12)8-4-3-5-13-6-8/h7-8,13H,3-6H2,1-2H3. The molecule has 102 valence electrons. The van der Waals surface area contributed by atoms with E-state index in [0.717, 1.165) is 42.3 Å². The van der Waals surface area contributed by atoms with Gasteiger partial charge in [-0.25, -0.2) is 0 Å². The minimum absolute atomic E-state index is 0.306. The van der Waals surface area contributed by atoms with Crippen molar-refractivity contribution in [3.05, 3.63) is 11.5 Å². The van der Waals surface area contributed by atoms with Crippen molar-refractivity contribution in [2.75, 3.05) is 13.1 Å². The van der Waals surface area contributed by atoms with Crippen molar-refractivity contribution in [2.45, 2.75) is 38.5 Å². The number of rotatable bonds is 3. The van der Waals surface area contributed by atoms with Crippen LogP contribution in [0.2, 0.25) is 0 Å². The fraction of sp³-hybridized carbons (Fsp3) is 0.667. The lowest BCUT2D eigenvalue weighted by atomic mass is 9.99. The molecule has 1 N–H and O–H groups in total. The molecule has 1 aliphatic heterocycles. The van der Waals surface area contributed by atoms with Crippen molar-refractivity contribution >= 4 is 11.5 Å². The monoisotopic (exact) mass is 279 g/mol. The van der Waals surface area contributed by atoms with Crippen LogP contribution in [-0.4, -0.2) is 32.8 Å². The Morgan fingerprint density at radius 2 is 2.32 bits per heavy atom. The van der Waals surface area contributed by atoms with Crippen LogP contribution in [0, 0.1) is 0 Å². The van der Waals surface area contributed by atoms with Crippen LogP contribution in [0.1, 0.15) is 50.0 Å². The first-order valence-electron chi connectivity index (χ1n) is 6.62. The second kappa shape index (κ2) is 5.34. The molecule has 19 heavy (non-hydrogen) atoms. The fourth-order valence-electron chi connectivity index (χ4n) is 2.29. The minimum atomic E-state index is 0.306. The van der Waals surface area contributed by atoms with Gasteiger partial charge in [0.2, 0.25) is 0 Å². The highest BCUT2D eigenvalue weighted by molar-refractivity contribution is 7.09. The van der Waals surface area contributed by atoms with Crippen molar-refractivity contribution in [3.8, 4) is 10.8 Å². The van der Waals surface area contributed by atoms with Crippen molar-refractivity contribution in [3.63, 3.8) is 0 Å². The molecule has 1 saturated heterocycles. The van der Waals surface area contributed by atoms with Crippen LogP contribution >= 0.6 is 11.5 Å². The summed E-state index contributed by atoms with van der Waals surface area (Å²) in [5.41, 5.74) is 0.932. The summed E-state index contributed by atoms with van der Waals surface area (Å²) in [6.07, 6.45) is 2.28. The fourth-order valence-corrected chi connectivity index (χ4v) is 3.03. The summed E-state index contributed by atoms with van der Waals surface area (Å²) in [5.74, 6) is 2.01. The summed E-state index contributed by atoms with van der Waals surface area (Å²) in [5, 5.41) is 11.6. The molecule has 0 radical (unpaired) electrons. The van der Waals surface area contributed by atoms with E-state index in [1.165, 1.54) is 11.5 Å². The Hall–Kier alpha value is -1.34. The predicted molar refractivity (Wildman–Crippen MR) is 72.1 cm³/mol. The van der Waals surface area contributed by atoms with E-state index in [4.69, 9.17) is 4.52 Å². The van der Waals surface area contributed by atoms with Crippen LogP contribution < -0.4 is 5.32 Å². The van der Waals surface area contributed by atoms with Gasteiger partial charge >= 0.3 is 0 Å². The first-order valence-corrected chi connectivity index (χ1v) is 7.40. The van der Waals surface area contributed by atoms with Gasteiger partial charge in [-0.05, 0) is 36.8 Å². The highest BCUT2D eigenvalue weighted by Crippen LogP contribution is 2.31. The number of aromatic nitrogens is 4. The molecule has 1 aliphatic rings.